The first-order valence-corrected chi connectivity index (χ1v) is 10.6. The maximum Gasteiger partial charge on any atom is 0.236 e. The highest BCUT2D eigenvalue weighted by atomic mass is 35.5. The Morgan fingerprint density at radius 3 is 2.54 bits per heavy atom. The molecule has 0 spiro atoms. The number of piperazine rings is 1. The van der Waals surface area contributed by atoms with Gasteiger partial charge in [-0.3, -0.25) is 9.69 Å². The number of hydrogen-bond acceptors (Lipinski definition) is 4. The maximum atomic E-state index is 13.1. The third kappa shape index (κ3) is 5.62. The van der Waals surface area contributed by atoms with Gasteiger partial charge in [0.25, 0.3) is 0 Å². The molecule has 26 heavy (non-hydrogen) atoms. The molecule has 0 aliphatic carbocycles. The number of likely N-dealkylation sites (tertiary alicyclic amines) is 1. The monoisotopic (exact) mass is 397 g/mol. The minimum Gasteiger partial charge on any atom is -0.340 e. The quantitative estimate of drug-likeness (QED) is 0.800. The lowest BCUT2D eigenvalue weighted by molar-refractivity contribution is -0.130. The Bertz CT molecular complexity index is 551. The van der Waals surface area contributed by atoms with Crippen LogP contribution in [0.2, 0.25) is 0 Å². The normalized spacial score (nSPS) is 22.3. The molecule has 1 aromatic rings. The molecule has 2 unspecified atom stereocenters. The van der Waals surface area contributed by atoms with Crippen molar-refractivity contribution < 1.29 is 4.79 Å². The summed E-state index contributed by atoms with van der Waals surface area (Å²) in [6, 6.07) is 11.0. The lowest BCUT2D eigenvalue weighted by Crippen LogP contribution is -2.50. The van der Waals surface area contributed by atoms with Crippen molar-refractivity contribution in [3.8, 4) is 0 Å². The van der Waals surface area contributed by atoms with E-state index in [0.29, 0.717) is 17.9 Å². The summed E-state index contributed by atoms with van der Waals surface area (Å²) in [6.07, 6.45) is 1.12. The van der Waals surface area contributed by atoms with Crippen LogP contribution in [-0.4, -0.2) is 66.3 Å². The molecule has 1 amide bonds. The van der Waals surface area contributed by atoms with Crippen LogP contribution in [0.15, 0.2) is 30.3 Å². The molecule has 0 bridgehead atoms. The van der Waals surface area contributed by atoms with Crippen LogP contribution in [0.25, 0.3) is 0 Å². The van der Waals surface area contributed by atoms with Crippen LogP contribution in [0, 0.1) is 5.92 Å². The molecule has 0 aromatic heterocycles. The zero-order valence-corrected chi connectivity index (χ0v) is 17.5. The Hall–Kier alpha value is -0.750. The van der Waals surface area contributed by atoms with Crippen molar-refractivity contribution >= 4 is 30.1 Å². The fourth-order valence-electron chi connectivity index (χ4n) is 3.78. The van der Waals surface area contributed by atoms with E-state index in [0.717, 1.165) is 51.4 Å². The van der Waals surface area contributed by atoms with E-state index in [1.807, 2.05) is 6.07 Å². The first-order valence-electron chi connectivity index (χ1n) is 9.54. The van der Waals surface area contributed by atoms with Crippen molar-refractivity contribution in [2.45, 2.75) is 37.3 Å². The summed E-state index contributed by atoms with van der Waals surface area (Å²) in [5, 5.41) is 3.47. The van der Waals surface area contributed by atoms with Gasteiger partial charge in [0.15, 0.2) is 0 Å². The molecule has 2 saturated heterocycles. The van der Waals surface area contributed by atoms with Crippen LogP contribution < -0.4 is 5.32 Å². The number of rotatable bonds is 6. The van der Waals surface area contributed by atoms with E-state index >= 15 is 0 Å². The average molecular weight is 398 g/mol. The van der Waals surface area contributed by atoms with Crippen molar-refractivity contribution in [3.05, 3.63) is 35.9 Å². The van der Waals surface area contributed by atoms with E-state index in [9.17, 15) is 4.79 Å². The van der Waals surface area contributed by atoms with E-state index in [2.05, 4.69) is 53.2 Å². The molecule has 1 N–H and O–H groups in total. The van der Waals surface area contributed by atoms with Gasteiger partial charge in [0.1, 0.15) is 0 Å². The summed E-state index contributed by atoms with van der Waals surface area (Å²) < 4.78 is 0. The van der Waals surface area contributed by atoms with Gasteiger partial charge >= 0.3 is 0 Å². The standard InChI is InChI=1S/C20H31N3OS.ClH/c1-16(2)19(25-15-17-6-4-3-5-7-17)20(24)23-11-8-18(14-23)22-12-9-21-10-13-22;/h3-7,16,18-19,21H,8-15H2,1-2H3;1H. The second kappa shape index (κ2) is 10.5. The Morgan fingerprint density at radius 2 is 1.88 bits per heavy atom. The van der Waals surface area contributed by atoms with Gasteiger partial charge in [-0.1, -0.05) is 44.2 Å². The number of halogens is 1. The molecule has 2 aliphatic rings. The largest absolute Gasteiger partial charge is 0.340 e. The van der Waals surface area contributed by atoms with Crippen molar-refractivity contribution in [1.82, 2.24) is 15.1 Å². The van der Waals surface area contributed by atoms with Gasteiger partial charge in [-0.05, 0) is 17.9 Å². The Morgan fingerprint density at radius 1 is 1.19 bits per heavy atom. The topological polar surface area (TPSA) is 35.6 Å². The summed E-state index contributed by atoms with van der Waals surface area (Å²) in [5.41, 5.74) is 1.30. The van der Waals surface area contributed by atoms with Crippen LogP contribution in [0.5, 0.6) is 0 Å². The van der Waals surface area contributed by atoms with Gasteiger partial charge in [0.05, 0.1) is 5.25 Å². The molecule has 3 rings (SSSR count). The fraction of sp³-hybridized carbons (Fsp3) is 0.650. The van der Waals surface area contributed by atoms with E-state index in [-0.39, 0.29) is 17.7 Å². The number of nitrogens with one attached hydrogen (secondary N) is 1. The van der Waals surface area contributed by atoms with E-state index in [1.54, 1.807) is 11.8 Å². The summed E-state index contributed by atoms with van der Waals surface area (Å²) >= 11 is 1.80. The van der Waals surface area contributed by atoms with Crippen molar-refractivity contribution in [3.63, 3.8) is 0 Å². The first-order chi connectivity index (χ1) is 12.1. The third-order valence-electron chi connectivity index (χ3n) is 5.26. The van der Waals surface area contributed by atoms with Crippen LogP contribution in [-0.2, 0) is 10.5 Å². The average Bonchev–Trinajstić information content (AvgIpc) is 3.13. The summed E-state index contributed by atoms with van der Waals surface area (Å²) in [4.78, 5) is 17.8. The van der Waals surface area contributed by atoms with Crippen molar-refractivity contribution in [2.24, 2.45) is 5.92 Å². The predicted molar refractivity (Wildman–Crippen MR) is 113 cm³/mol. The zero-order valence-electron chi connectivity index (χ0n) is 15.9. The summed E-state index contributed by atoms with van der Waals surface area (Å²) in [5.74, 6) is 1.61. The lowest BCUT2D eigenvalue weighted by Gasteiger charge is -2.33. The maximum absolute atomic E-state index is 13.1. The molecule has 2 aliphatic heterocycles. The zero-order chi connectivity index (χ0) is 17.6. The smallest absolute Gasteiger partial charge is 0.236 e. The number of benzene rings is 1. The van der Waals surface area contributed by atoms with E-state index in [1.165, 1.54) is 5.56 Å². The fourth-order valence-corrected chi connectivity index (χ4v) is 5.02. The SMILES string of the molecule is CC(C)C(SCc1ccccc1)C(=O)N1CCC(N2CCNCC2)C1.Cl. The number of hydrogen-bond donors (Lipinski definition) is 1. The summed E-state index contributed by atoms with van der Waals surface area (Å²) in [6.45, 7) is 10.6. The molecular formula is C20H32ClN3OS. The van der Waals surface area contributed by atoms with Crippen molar-refractivity contribution in [2.75, 3.05) is 39.3 Å². The molecule has 4 nitrogen and oxygen atoms in total. The number of nitrogens with zero attached hydrogens (tertiary/aromatic N) is 2. The van der Waals surface area contributed by atoms with Crippen LogP contribution in [0.4, 0.5) is 0 Å². The number of amides is 1. The minimum atomic E-state index is 0. The van der Waals surface area contributed by atoms with Crippen LogP contribution in [0.1, 0.15) is 25.8 Å². The molecule has 0 radical (unpaired) electrons. The first kappa shape index (κ1) is 21.5. The number of thioether (sulfide) groups is 1. The molecule has 6 heteroatoms. The third-order valence-corrected chi connectivity index (χ3v) is 6.87. The minimum absolute atomic E-state index is 0. The van der Waals surface area contributed by atoms with Gasteiger partial charge in [0, 0.05) is 51.1 Å². The highest BCUT2D eigenvalue weighted by Crippen LogP contribution is 2.28. The number of carbonyl (C=O) groups is 1. The van der Waals surface area contributed by atoms with Gasteiger partial charge < -0.3 is 10.2 Å². The molecule has 2 atom stereocenters. The van der Waals surface area contributed by atoms with Crippen molar-refractivity contribution in [1.29, 1.82) is 0 Å². The van der Waals surface area contributed by atoms with Gasteiger partial charge in [-0.2, -0.15) is 0 Å². The summed E-state index contributed by atoms with van der Waals surface area (Å²) in [7, 11) is 0. The molecule has 1 aromatic carbocycles. The highest BCUT2D eigenvalue weighted by molar-refractivity contribution is 7.99. The molecular weight excluding hydrogens is 366 g/mol. The molecule has 2 fully saturated rings. The second-order valence-corrected chi connectivity index (χ2v) is 8.60. The predicted octanol–water partition coefficient (Wildman–Crippen LogP) is 2.87. The molecule has 0 saturated carbocycles. The molecule has 146 valence electrons. The van der Waals surface area contributed by atoms with Gasteiger partial charge in [0.2, 0.25) is 5.91 Å². The number of carbonyl (C=O) groups excluding carboxylic acids is 1. The Labute approximate surface area is 168 Å². The van der Waals surface area contributed by atoms with Gasteiger partial charge in [-0.15, -0.1) is 24.2 Å². The Kier molecular flexibility index (Phi) is 8.74. The second-order valence-electron chi connectivity index (χ2n) is 7.47. The van der Waals surface area contributed by atoms with Crippen LogP contribution >= 0.6 is 24.2 Å². The Balaban J connectivity index is 0.00000243. The van der Waals surface area contributed by atoms with E-state index in [4.69, 9.17) is 0 Å². The van der Waals surface area contributed by atoms with E-state index < -0.39 is 0 Å². The van der Waals surface area contributed by atoms with Gasteiger partial charge in [-0.25, -0.2) is 0 Å². The lowest BCUT2D eigenvalue weighted by atomic mass is 10.1. The highest BCUT2D eigenvalue weighted by Gasteiger charge is 2.35. The molecule has 2 heterocycles. The van der Waals surface area contributed by atoms with Crippen LogP contribution in [0.3, 0.4) is 0 Å².